The first-order valence-corrected chi connectivity index (χ1v) is 5.94. The molecule has 0 aromatic carbocycles. The predicted molar refractivity (Wildman–Crippen MR) is 62.3 cm³/mol. The third-order valence-electron chi connectivity index (χ3n) is 3.45. The van der Waals surface area contributed by atoms with E-state index in [1.807, 2.05) is 0 Å². The minimum atomic E-state index is -0.529. The summed E-state index contributed by atoms with van der Waals surface area (Å²) in [6.07, 6.45) is 1.68. The van der Waals surface area contributed by atoms with E-state index in [1.165, 1.54) is 0 Å². The molecule has 1 rings (SSSR count). The van der Waals surface area contributed by atoms with Crippen LogP contribution in [0, 0.1) is 17.8 Å². The predicted octanol–water partition coefficient (Wildman–Crippen LogP) is 1.52. The lowest BCUT2D eigenvalue weighted by Gasteiger charge is -2.25. The number of hydrogen-bond acceptors (Lipinski definition) is 2. The highest BCUT2D eigenvalue weighted by molar-refractivity contribution is 5.88. The standard InChI is InChI=1S/C12H24N2O/c1-8(2)10(9(3)4)7-14-11(15)12(13)5-6-12/h8-10H,5-7,13H2,1-4H3,(H,14,15). The minimum Gasteiger partial charge on any atom is -0.354 e. The highest BCUT2D eigenvalue weighted by Gasteiger charge is 2.45. The van der Waals surface area contributed by atoms with Crippen molar-refractivity contribution in [3.05, 3.63) is 0 Å². The molecule has 88 valence electrons. The van der Waals surface area contributed by atoms with Crippen LogP contribution in [0.3, 0.4) is 0 Å². The van der Waals surface area contributed by atoms with E-state index < -0.39 is 5.54 Å². The fraction of sp³-hybridized carbons (Fsp3) is 0.917. The van der Waals surface area contributed by atoms with Gasteiger partial charge in [0.05, 0.1) is 5.54 Å². The molecule has 15 heavy (non-hydrogen) atoms. The lowest BCUT2D eigenvalue weighted by atomic mass is 9.85. The quantitative estimate of drug-likeness (QED) is 0.726. The molecule has 0 bridgehead atoms. The lowest BCUT2D eigenvalue weighted by Crippen LogP contribution is -2.45. The van der Waals surface area contributed by atoms with E-state index in [0.717, 1.165) is 19.4 Å². The van der Waals surface area contributed by atoms with Crippen molar-refractivity contribution in [2.75, 3.05) is 6.54 Å². The van der Waals surface area contributed by atoms with Gasteiger partial charge in [0.15, 0.2) is 0 Å². The Balaban J connectivity index is 2.37. The van der Waals surface area contributed by atoms with Crippen LogP contribution in [0.1, 0.15) is 40.5 Å². The zero-order valence-electron chi connectivity index (χ0n) is 10.3. The smallest absolute Gasteiger partial charge is 0.240 e. The SMILES string of the molecule is CC(C)C(CNC(=O)C1(N)CC1)C(C)C. The van der Waals surface area contributed by atoms with Gasteiger partial charge in [-0.05, 0) is 30.6 Å². The highest BCUT2D eigenvalue weighted by atomic mass is 16.2. The van der Waals surface area contributed by atoms with Gasteiger partial charge >= 0.3 is 0 Å². The van der Waals surface area contributed by atoms with Crippen molar-refractivity contribution in [2.45, 2.75) is 46.1 Å². The molecule has 0 radical (unpaired) electrons. The van der Waals surface area contributed by atoms with E-state index in [1.54, 1.807) is 0 Å². The summed E-state index contributed by atoms with van der Waals surface area (Å²) in [5.41, 5.74) is 5.29. The van der Waals surface area contributed by atoms with Gasteiger partial charge in [0.2, 0.25) is 5.91 Å². The first-order chi connectivity index (χ1) is 6.87. The van der Waals surface area contributed by atoms with Crippen molar-refractivity contribution >= 4 is 5.91 Å². The van der Waals surface area contributed by atoms with Crippen molar-refractivity contribution in [3.63, 3.8) is 0 Å². The van der Waals surface area contributed by atoms with Gasteiger partial charge in [-0.15, -0.1) is 0 Å². The molecule has 3 heteroatoms. The summed E-state index contributed by atoms with van der Waals surface area (Å²) in [4.78, 5) is 11.6. The molecule has 0 aromatic heterocycles. The summed E-state index contributed by atoms with van der Waals surface area (Å²) in [6.45, 7) is 9.56. The third-order valence-corrected chi connectivity index (χ3v) is 3.45. The fourth-order valence-electron chi connectivity index (χ4n) is 1.99. The van der Waals surface area contributed by atoms with E-state index in [2.05, 4.69) is 33.0 Å². The van der Waals surface area contributed by atoms with Crippen LogP contribution in [0.5, 0.6) is 0 Å². The van der Waals surface area contributed by atoms with Crippen molar-refractivity contribution < 1.29 is 4.79 Å². The number of carbonyl (C=O) groups is 1. The van der Waals surface area contributed by atoms with Crippen molar-refractivity contribution in [1.82, 2.24) is 5.32 Å². The molecule has 0 atom stereocenters. The van der Waals surface area contributed by atoms with Gasteiger partial charge in [0.1, 0.15) is 0 Å². The van der Waals surface area contributed by atoms with Crippen molar-refractivity contribution in [1.29, 1.82) is 0 Å². The third kappa shape index (κ3) is 3.20. The Kier molecular flexibility index (Phi) is 3.77. The summed E-state index contributed by atoms with van der Waals surface area (Å²) in [7, 11) is 0. The molecule has 1 fully saturated rings. The number of rotatable bonds is 5. The average molecular weight is 212 g/mol. The first-order valence-electron chi connectivity index (χ1n) is 5.94. The van der Waals surface area contributed by atoms with E-state index in [4.69, 9.17) is 5.73 Å². The van der Waals surface area contributed by atoms with Crippen LogP contribution in [0.4, 0.5) is 0 Å². The maximum Gasteiger partial charge on any atom is 0.240 e. The summed E-state index contributed by atoms with van der Waals surface area (Å²) >= 11 is 0. The van der Waals surface area contributed by atoms with Crippen LogP contribution >= 0.6 is 0 Å². The first kappa shape index (κ1) is 12.5. The number of carbonyl (C=O) groups excluding carboxylic acids is 1. The van der Waals surface area contributed by atoms with Crippen LogP contribution in [0.25, 0.3) is 0 Å². The van der Waals surface area contributed by atoms with Crippen LogP contribution in [-0.4, -0.2) is 18.0 Å². The van der Waals surface area contributed by atoms with Gasteiger partial charge in [0.25, 0.3) is 0 Å². The molecule has 0 aliphatic heterocycles. The van der Waals surface area contributed by atoms with Crippen LogP contribution in [0.15, 0.2) is 0 Å². The van der Waals surface area contributed by atoms with Gasteiger partial charge in [-0.2, -0.15) is 0 Å². The van der Waals surface area contributed by atoms with Crippen molar-refractivity contribution in [3.8, 4) is 0 Å². The lowest BCUT2D eigenvalue weighted by molar-refractivity contribution is -0.123. The van der Waals surface area contributed by atoms with Crippen LogP contribution in [-0.2, 0) is 4.79 Å². The molecule has 0 saturated heterocycles. The number of amides is 1. The largest absolute Gasteiger partial charge is 0.354 e. The Morgan fingerprint density at radius 1 is 1.27 bits per heavy atom. The van der Waals surface area contributed by atoms with Gasteiger partial charge in [-0.1, -0.05) is 27.7 Å². The van der Waals surface area contributed by atoms with Gasteiger partial charge < -0.3 is 11.1 Å². The maximum absolute atomic E-state index is 11.6. The van der Waals surface area contributed by atoms with E-state index in [0.29, 0.717) is 17.8 Å². The summed E-state index contributed by atoms with van der Waals surface area (Å²) in [5.74, 6) is 1.77. The Morgan fingerprint density at radius 2 is 1.73 bits per heavy atom. The zero-order chi connectivity index (χ0) is 11.6. The number of hydrogen-bond donors (Lipinski definition) is 2. The molecule has 1 saturated carbocycles. The molecule has 0 unspecified atom stereocenters. The average Bonchev–Trinajstić information content (AvgIpc) is 2.83. The summed E-state index contributed by atoms with van der Waals surface area (Å²) in [6, 6.07) is 0. The number of nitrogens with one attached hydrogen (secondary N) is 1. The highest BCUT2D eigenvalue weighted by Crippen LogP contribution is 2.32. The van der Waals surface area contributed by atoms with Gasteiger partial charge in [-0.25, -0.2) is 0 Å². The molecule has 0 spiro atoms. The summed E-state index contributed by atoms with van der Waals surface area (Å²) < 4.78 is 0. The van der Waals surface area contributed by atoms with E-state index in [-0.39, 0.29) is 5.91 Å². The van der Waals surface area contributed by atoms with Gasteiger partial charge in [-0.3, -0.25) is 4.79 Å². The van der Waals surface area contributed by atoms with Crippen LogP contribution < -0.4 is 11.1 Å². The zero-order valence-corrected chi connectivity index (χ0v) is 10.3. The Hall–Kier alpha value is -0.570. The minimum absolute atomic E-state index is 0.0359. The second-order valence-electron chi connectivity index (χ2n) is 5.52. The Morgan fingerprint density at radius 3 is 2.07 bits per heavy atom. The Labute approximate surface area is 92.8 Å². The van der Waals surface area contributed by atoms with Crippen molar-refractivity contribution in [2.24, 2.45) is 23.5 Å². The molecule has 3 N–H and O–H groups in total. The molecular weight excluding hydrogens is 188 g/mol. The summed E-state index contributed by atoms with van der Waals surface area (Å²) in [5, 5.41) is 2.98. The maximum atomic E-state index is 11.6. The second-order valence-corrected chi connectivity index (χ2v) is 5.52. The number of nitrogens with two attached hydrogens (primary N) is 1. The van der Waals surface area contributed by atoms with Gasteiger partial charge in [0, 0.05) is 6.54 Å². The molecule has 0 aromatic rings. The second kappa shape index (κ2) is 4.52. The monoisotopic (exact) mass is 212 g/mol. The van der Waals surface area contributed by atoms with E-state index >= 15 is 0 Å². The molecular formula is C12H24N2O. The molecule has 1 aliphatic carbocycles. The Bertz CT molecular complexity index is 224. The van der Waals surface area contributed by atoms with Crippen LogP contribution in [0.2, 0.25) is 0 Å². The normalized spacial score (nSPS) is 18.7. The molecule has 0 heterocycles. The topological polar surface area (TPSA) is 55.1 Å². The molecule has 1 aliphatic rings. The molecule has 1 amide bonds. The molecule has 3 nitrogen and oxygen atoms in total. The van der Waals surface area contributed by atoms with E-state index in [9.17, 15) is 4.79 Å². The fourth-order valence-corrected chi connectivity index (χ4v) is 1.99.